The van der Waals surface area contributed by atoms with Crippen LogP contribution in [0.4, 0.5) is 5.69 Å². The van der Waals surface area contributed by atoms with Gasteiger partial charge in [-0.05, 0) is 62.7 Å². The number of hydrogen-bond acceptors (Lipinski definition) is 4. The maximum atomic E-state index is 12.5. The van der Waals surface area contributed by atoms with Crippen LogP contribution in [0, 0.1) is 0 Å². The number of nitrogens with one attached hydrogen (secondary N) is 1. The molecule has 0 aliphatic rings. The van der Waals surface area contributed by atoms with Crippen LogP contribution in [0.2, 0.25) is 0 Å². The lowest BCUT2D eigenvalue weighted by Crippen LogP contribution is -2.30. The number of methoxy groups -OCH3 is 1. The number of hydrogen-bond donors (Lipinski definition) is 1. The molecule has 0 heterocycles. The molecule has 6 heteroatoms. The van der Waals surface area contributed by atoms with Gasteiger partial charge in [0, 0.05) is 29.9 Å². The molecule has 6 nitrogen and oxygen atoms in total. The summed E-state index contributed by atoms with van der Waals surface area (Å²) >= 11 is 0. The minimum absolute atomic E-state index is 0.0183. The van der Waals surface area contributed by atoms with Gasteiger partial charge in [0.2, 0.25) is 0 Å². The third-order valence-corrected chi connectivity index (χ3v) is 4.33. The predicted octanol–water partition coefficient (Wildman–Crippen LogP) is 4.22. The van der Waals surface area contributed by atoms with Gasteiger partial charge < -0.3 is 19.7 Å². The molecule has 0 fully saturated rings. The van der Waals surface area contributed by atoms with Crippen molar-refractivity contribution in [1.82, 2.24) is 4.90 Å². The molecule has 2 amide bonds. The molecule has 0 saturated heterocycles. The van der Waals surface area contributed by atoms with Gasteiger partial charge in [0.1, 0.15) is 0 Å². The molecule has 2 rings (SSSR count). The quantitative estimate of drug-likeness (QED) is 0.703. The van der Waals surface area contributed by atoms with Crippen LogP contribution in [0.15, 0.2) is 42.5 Å². The van der Waals surface area contributed by atoms with Gasteiger partial charge in [-0.15, -0.1) is 0 Å². The van der Waals surface area contributed by atoms with Crippen LogP contribution in [0.1, 0.15) is 47.9 Å². The number of amides is 2. The van der Waals surface area contributed by atoms with E-state index in [1.165, 1.54) is 0 Å². The highest BCUT2D eigenvalue weighted by Gasteiger charge is 2.14. The van der Waals surface area contributed by atoms with Gasteiger partial charge in [0.05, 0.1) is 13.7 Å². The molecule has 0 saturated carbocycles. The topological polar surface area (TPSA) is 67.9 Å². The third-order valence-electron chi connectivity index (χ3n) is 4.33. The Morgan fingerprint density at radius 1 is 0.929 bits per heavy atom. The normalized spacial score (nSPS) is 10.3. The number of anilines is 1. The van der Waals surface area contributed by atoms with Crippen molar-refractivity contribution in [3.8, 4) is 11.5 Å². The predicted molar refractivity (Wildman–Crippen MR) is 110 cm³/mol. The molecule has 0 aliphatic carbocycles. The zero-order valence-electron chi connectivity index (χ0n) is 17.0. The van der Waals surface area contributed by atoms with E-state index in [4.69, 9.17) is 9.47 Å². The van der Waals surface area contributed by atoms with Gasteiger partial charge in [-0.2, -0.15) is 0 Å². The Kier molecular flexibility index (Phi) is 7.87. The summed E-state index contributed by atoms with van der Waals surface area (Å²) in [5.74, 6) is 0.847. The summed E-state index contributed by atoms with van der Waals surface area (Å²) in [5.41, 5.74) is 1.68. The first-order valence-corrected chi connectivity index (χ1v) is 9.55. The Morgan fingerprint density at radius 3 is 2.14 bits per heavy atom. The summed E-state index contributed by atoms with van der Waals surface area (Å²) in [4.78, 5) is 26.6. The zero-order chi connectivity index (χ0) is 20.5. The minimum atomic E-state index is -0.261. The Hall–Kier alpha value is -3.02. The van der Waals surface area contributed by atoms with Gasteiger partial charge in [-0.1, -0.05) is 6.92 Å². The summed E-state index contributed by atoms with van der Waals surface area (Å²) in [6, 6.07) is 12.0. The lowest BCUT2D eigenvalue weighted by atomic mass is 10.1. The van der Waals surface area contributed by atoms with Gasteiger partial charge in [-0.25, -0.2) is 0 Å². The Labute approximate surface area is 166 Å². The second-order valence-corrected chi connectivity index (χ2v) is 6.22. The largest absolute Gasteiger partial charge is 0.493 e. The Bertz CT molecular complexity index is 799. The molecule has 0 aliphatic heterocycles. The van der Waals surface area contributed by atoms with E-state index in [0.717, 1.165) is 6.42 Å². The molecule has 0 unspecified atom stereocenters. The van der Waals surface area contributed by atoms with Crippen molar-refractivity contribution in [2.45, 2.75) is 27.2 Å². The second-order valence-electron chi connectivity index (χ2n) is 6.22. The molecule has 150 valence electrons. The van der Waals surface area contributed by atoms with Crippen molar-refractivity contribution in [2.24, 2.45) is 0 Å². The smallest absolute Gasteiger partial charge is 0.255 e. The van der Waals surface area contributed by atoms with Crippen LogP contribution in [-0.4, -0.2) is 43.5 Å². The van der Waals surface area contributed by atoms with Gasteiger partial charge in [-0.3, -0.25) is 9.59 Å². The average molecular weight is 384 g/mol. The summed E-state index contributed by atoms with van der Waals surface area (Å²) in [5, 5.41) is 2.84. The highest BCUT2D eigenvalue weighted by atomic mass is 16.5. The molecule has 0 spiro atoms. The van der Waals surface area contributed by atoms with E-state index in [1.54, 1.807) is 54.5 Å². The maximum Gasteiger partial charge on any atom is 0.255 e. The molecular formula is C22H28N2O4. The highest BCUT2D eigenvalue weighted by Crippen LogP contribution is 2.28. The lowest BCUT2D eigenvalue weighted by Gasteiger charge is -2.18. The zero-order valence-corrected chi connectivity index (χ0v) is 17.0. The van der Waals surface area contributed by atoms with E-state index >= 15 is 0 Å². The van der Waals surface area contributed by atoms with Crippen LogP contribution < -0.4 is 14.8 Å². The van der Waals surface area contributed by atoms with E-state index in [9.17, 15) is 9.59 Å². The summed E-state index contributed by atoms with van der Waals surface area (Å²) < 4.78 is 10.9. The fourth-order valence-corrected chi connectivity index (χ4v) is 2.73. The molecule has 0 radical (unpaired) electrons. The SMILES string of the molecule is CCCOc1ccc(C(=O)Nc2ccc(C(=O)N(CC)CC)cc2)cc1OC. The number of benzene rings is 2. The first kappa shape index (κ1) is 21.3. The second kappa shape index (κ2) is 10.3. The fraction of sp³-hybridized carbons (Fsp3) is 0.364. The van der Waals surface area contributed by atoms with E-state index in [-0.39, 0.29) is 11.8 Å². The molecule has 0 bridgehead atoms. The molecule has 1 N–H and O–H groups in total. The number of rotatable bonds is 9. The fourth-order valence-electron chi connectivity index (χ4n) is 2.73. The van der Waals surface area contributed by atoms with Crippen LogP contribution >= 0.6 is 0 Å². The van der Waals surface area contributed by atoms with Crippen LogP contribution in [0.25, 0.3) is 0 Å². The van der Waals surface area contributed by atoms with Crippen LogP contribution in [0.5, 0.6) is 11.5 Å². The lowest BCUT2D eigenvalue weighted by molar-refractivity contribution is 0.0773. The van der Waals surface area contributed by atoms with E-state index in [1.807, 2.05) is 20.8 Å². The highest BCUT2D eigenvalue weighted by molar-refractivity contribution is 6.05. The number of ether oxygens (including phenoxy) is 2. The molecule has 2 aromatic carbocycles. The van der Waals surface area contributed by atoms with Gasteiger partial charge in [0.25, 0.3) is 11.8 Å². The molecule has 28 heavy (non-hydrogen) atoms. The van der Waals surface area contributed by atoms with E-state index in [0.29, 0.717) is 48.0 Å². The maximum absolute atomic E-state index is 12.5. The molecule has 0 atom stereocenters. The molecule has 0 aromatic heterocycles. The van der Waals surface area contributed by atoms with Crippen molar-refractivity contribution in [3.05, 3.63) is 53.6 Å². The summed E-state index contributed by atoms with van der Waals surface area (Å²) in [7, 11) is 1.54. The van der Waals surface area contributed by atoms with Gasteiger partial charge >= 0.3 is 0 Å². The number of carbonyl (C=O) groups is 2. The van der Waals surface area contributed by atoms with Crippen molar-refractivity contribution >= 4 is 17.5 Å². The monoisotopic (exact) mass is 384 g/mol. The first-order valence-electron chi connectivity index (χ1n) is 9.55. The number of nitrogens with zero attached hydrogens (tertiary/aromatic N) is 1. The average Bonchev–Trinajstić information content (AvgIpc) is 2.73. The third kappa shape index (κ3) is 5.25. The van der Waals surface area contributed by atoms with E-state index < -0.39 is 0 Å². The Morgan fingerprint density at radius 2 is 1.57 bits per heavy atom. The number of carbonyl (C=O) groups excluding carboxylic acids is 2. The van der Waals surface area contributed by atoms with Gasteiger partial charge in [0.15, 0.2) is 11.5 Å². The van der Waals surface area contributed by atoms with Crippen molar-refractivity contribution in [2.75, 3.05) is 32.1 Å². The van der Waals surface area contributed by atoms with Crippen LogP contribution in [-0.2, 0) is 0 Å². The molecular weight excluding hydrogens is 356 g/mol. The summed E-state index contributed by atoms with van der Waals surface area (Å²) in [6.07, 6.45) is 0.887. The first-order chi connectivity index (χ1) is 13.5. The van der Waals surface area contributed by atoms with Crippen molar-refractivity contribution in [1.29, 1.82) is 0 Å². The van der Waals surface area contributed by atoms with E-state index in [2.05, 4.69) is 5.32 Å². The molecule has 2 aromatic rings. The summed E-state index contributed by atoms with van der Waals surface area (Å²) in [6.45, 7) is 7.82. The Balaban J connectivity index is 2.09. The van der Waals surface area contributed by atoms with Crippen LogP contribution in [0.3, 0.4) is 0 Å². The van der Waals surface area contributed by atoms with Crippen molar-refractivity contribution < 1.29 is 19.1 Å². The minimum Gasteiger partial charge on any atom is -0.493 e. The van der Waals surface area contributed by atoms with Crippen molar-refractivity contribution in [3.63, 3.8) is 0 Å². The standard InChI is InChI=1S/C22H28N2O4/c1-5-14-28-19-13-10-17(15-20(19)27-4)21(25)23-18-11-8-16(9-12-18)22(26)24(6-2)7-3/h8-13,15H,5-7,14H2,1-4H3,(H,23,25).